The molecule has 2 aliphatic rings. The van der Waals surface area contributed by atoms with Crippen LogP contribution < -0.4 is 5.32 Å². The third-order valence-corrected chi connectivity index (χ3v) is 4.84. The summed E-state index contributed by atoms with van der Waals surface area (Å²) >= 11 is 0. The van der Waals surface area contributed by atoms with E-state index in [4.69, 9.17) is 4.74 Å². The van der Waals surface area contributed by atoms with Crippen LogP contribution in [0.5, 0.6) is 0 Å². The SMILES string of the molecule is CCC1OCCC1CN1CC(C)(C)NCC1C(C)C. The molecule has 0 aliphatic carbocycles. The number of piperazine rings is 1. The summed E-state index contributed by atoms with van der Waals surface area (Å²) in [7, 11) is 0. The van der Waals surface area contributed by atoms with Gasteiger partial charge in [-0.15, -0.1) is 0 Å². The molecular formula is C16H32N2O. The Morgan fingerprint density at radius 3 is 2.74 bits per heavy atom. The maximum atomic E-state index is 5.86. The first-order valence-corrected chi connectivity index (χ1v) is 8.03. The van der Waals surface area contributed by atoms with Crippen molar-refractivity contribution < 1.29 is 4.74 Å². The van der Waals surface area contributed by atoms with E-state index in [2.05, 4.69) is 44.8 Å². The summed E-state index contributed by atoms with van der Waals surface area (Å²) in [5.41, 5.74) is 0.243. The summed E-state index contributed by atoms with van der Waals surface area (Å²) in [5, 5.41) is 3.70. The van der Waals surface area contributed by atoms with Crippen molar-refractivity contribution in [3.05, 3.63) is 0 Å². The minimum Gasteiger partial charge on any atom is -0.378 e. The summed E-state index contributed by atoms with van der Waals surface area (Å²) in [6, 6.07) is 0.672. The van der Waals surface area contributed by atoms with Crippen molar-refractivity contribution >= 4 is 0 Å². The first-order chi connectivity index (χ1) is 8.93. The first kappa shape index (κ1) is 15.3. The Bertz CT molecular complexity index is 290. The molecule has 2 rings (SSSR count). The maximum Gasteiger partial charge on any atom is 0.0613 e. The predicted octanol–water partition coefficient (Wildman–Crippen LogP) is 2.51. The van der Waals surface area contributed by atoms with Gasteiger partial charge in [-0.3, -0.25) is 4.90 Å². The van der Waals surface area contributed by atoms with Gasteiger partial charge in [0, 0.05) is 37.8 Å². The topological polar surface area (TPSA) is 24.5 Å². The normalized spacial score (nSPS) is 36.0. The van der Waals surface area contributed by atoms with Gasteiger partial charge in [0.05, 0.1) is 6.10 Å². The molecule has 3 heteroatoms. The smallest absolute Gasteiger partial charge is 0.0613 e. The van der Waals surface area contributed by atoms with Crippen molar-refractivity contribution in [1.82, 2.24) is 10.2 Å². The highest BCUT2D eigenvalue weighted by molar-refractivity contribution is 4.94. The van der Waals surface area contributed by atoms with Crippen LogP contribution in [-0.2, 0) is 4.74 Å². The highest BCUT2D eigenvalue weighted by atomic mass is 16.5. The first-order valence-electron chi connectivity index (χ1n) is 8.03. The third kappa shape index (κ3) is 3.71. The zero-order chi connectivity index (χ0) is 14.0. The molecule has 0 radical (unpaired) electrons. The van der Waals surface area contributed by atoms with Gasteiger partial charge in [0.1, 0.15) is 0 Å². The molecule has 2 aliphatic heterocycles. The number of rotatable bonds is 4. The van der Waals surface area contributed by atoms with Crippen molar-refractivity contribution in [3.8, 4) is 0 Å². The number of hydrogen-bond acceptors (Lipinski definition) is 3. The molecule has 3 unspecified atom stereocenters. The second-order valence-corrected chi connectivity index (χ2v) is 7.37. The zero-order valence-electron chi connectivity index (χ0n) is 13.4. The fraction of sp³-hybridized carbons (Fsp3) is 1.00. The van der Waals surface area contributed by atoms with Crippen molar-refractivity contribution in [2.24, 2.45) is 11.8 Å². The van der Waals surface area contributed by atoms with Gasteiger partial charge in [0.15, 0.2) is 0 Å². The monoisotopic (exact) mass is 268 g/mol. The van der Waals surface area contributed by atoms with E-state index in [0.717, 1.165) is 32.0 Å². The summed E-state index contributed by atoms with van der Waals surface area (Å²) in [6.45, 7) is 16.0. The Labute approximate surface area is 119 Å². The number of nitrogens with one attached hydrogen (secondary N) is 1. The van der Waals surface area contributed by atoms with Crippen LogP contribution in [0.25, 0.3) is 0 Å². The molecule has 0 aromatic heterocycles. The van der Waals surface area contributed by atoms with E-state index in [1.54, 1.807) is 0 Å². The van der Waals surface area contributed by atoms with Crippen LogP contribution in [0.4, 0.5) is 0 Å². The standard InChI is InChI=1S/C16H32N2O/c1-6-15-13(7-8-19-15)10-18-11-16(4,5)17-9-14(18)12(2)3/h12-15,17H,6-11H2,1-5H3. The summed E-state index contributed by atoms with van der Waals surface area (Å²) < 4.78 is 5.86. The van der Waals surface area contributed by atoms with E-state index in [-0.39, 0.29) is 5.54 Å². The second-order valence-electron chi connectivity index (χ2n) is 7.37. The number of nitrogens with zero attached hydrogens (tertiary/aromatic N) is 1. The Morgan fingerprint density at radius 1 is 1.37 bits per heavy atom. The van der Waals surface area contributed by atoms with Gasteiger partial charge in [-0.1, -0.05) is 20.8 Å². The van der Waals surface area contributed by atoms with Gasteiger partial charge in [-0.2, -0.15) is 0 Å². The third-order valence-electron chi connectivity index (χ3n) is 4.84. The highest BCUT2D eigenvalue weighted by Crippen LogP contribution is 2.28. The number of ether oxygens (including phenoxy) is 1. The fourth-order valence-corrected chi connectivity index (χ4v) is 3.70. The molecular weight excluding hydrogens is 236 g/mol. The second kappa shape index (κ2) is 6.11. The Balaban J connectivity index is 2.01. The molecule has 0 aromatic rings. The molecule has 112 valence electrons. The van der Waals surface area contributed by atoms with Crippen molar-refractivity contribution in [2.45, 2.75) is 65.1 Å². The van der Waals surface area contributed by atoms with E-state index in [1.165, 1.54) is 13.0 Å². The van der Waals surface area contributed by atoms with Crippen LogP contribution >= 0.6 is 0 Å². The van der Waals surface area contributed by atoms with Crippen LogP contribution in [0.15, 0.2) is 0 Å². The van der Waals surface area contributed by atoms with Gasteiger partial charge in [-0.05, 0) is 38.5 Å². The van der Waals surface area contributed by atoms with Gasteiger partial charge in [0.2, 0.25) is 0 Å². The van der Waals surface area contributed by atoms with Crippen LogP contribution in [0.3, 0.4) is 0 Å². The summed E-state index contributed by atoms with van der Waals surface area (Å²) in [5.74, 6) is 1.45. The molecule has 3 nitrogen and oxygen atoms in total. The van der Waals surface area contributed by atoms with E-state index < -0.39 is 0 Å². The van der Waals surface area contributed by atoms with Gasteiger partial charge < -0.3 is 10.1 Å². The van der Waals surface area contributed by atoms with Crippen LogP contribution in [0.2, 0.25) is 0 Å². The van der Waals surface area contributed by atoms with E-state index in [9.17, 15) is 0 Å². The van der Waals surface area contributed by atoms with Crippen LogP contribution in [-0.4, -0.2) is 48.8 Å². The quantitative estimate of drug-likeness (QED) is 0.848. The molecule has 19 heavy (non-hydrogen) atoms. The van der Waals surface area contributed by atoms with Gasteiger partial charge in [0.25, 0.3) is 0 Å². The lowest BCUT2D eigenvalue weighted by Gasteiger charge is -2.47. The molecule has 0 bridgehead atoms. The maximum absolute atomic E-state index is 5.86. The molecule has 0 spiro atoms. The summed E-state index contributed by atoms with van der Waals surface area (Å²) in [4.78, 5) is 2.73. The molecule has 2 heterocycles. The lowest BCUT2D eigenvalue weighted by atomic mass is 9.90. The van der Waals surface area contributed by atoms with Gasteiger partial charge >= 0.3 is 0 Å². The predicted molar refractivity (Wildman–Crippen MR) is 80.4 cm³/mol. The fourth-order valence-electron chi connectivity index (χ4n) is 3.70. The molecule has 2 fully saturated rings. The molecule has 0 saturated carbocycles. The summed E-state index contributed by atoms with van der Waals surface area (Å²) in [6.07, 6.45) is 2.89. The van der Waals surface area contributed by atoms with Crippen LogP contribution in [0, 0.1) is 11.8 Å². The van der Waals surface area contributed by atoms with Crippen molar-refractivity contribution in [3.63, 3.8) is 0 Å². The minimum absolute atomic E-state index is 0.243. The highest BCUT2D eigenvalue weighted by Gasteiger charge is 2.37. The molecule has 3 atom stereocenters. The van der Waals surface area contributed by atoms with Crippen molar-refractivity contribution in [2.75, 3.05) is 26.2 Å². The molecule has 0 aromatic carbocycles. The van der Waals surface area contributed by atoms with E-state index in [0.29, 0.717) is 18.1 Å². The Kier molecular flexibility index (Phi) is 4.91. The molecule has 2 saturated heterocycles. The van der Waals surface area contributed by atoms with E-state index in [1.807, 2.05) is 0 Å². The largest absolute Gasteiger partial charge is 0.378 e. The van der Waals surface area contributed by atoms with E-state index >= 15 is 0 Å². The lowest BCUT2D eigenvalue weighted by Crippen LogP contribution is -2.63. The Morgan fingerprint density at radius 2 is 2.11 bits per heavy atom. The molecule has 1 N–H and O–H groups in total. The lowest BCUT2D eigenvalue weighted by molar-refractivity contribution is 0.0308. The average Bonchev–Trinajstić information content (AvgIpc) is 2.74. The minimum atomic E-state index is 0.243. The van der Waals surface area contributed by atoms with Gasteiger partial charge in [-0.25, -0.2) is 0 Å². The molecule has 0 amide bonds. The Hall–Kier alpha value is -0.120. The average molecular weight is 268 g/mol. The number of hydrogen-bond donors (Lipinski definition) is 1. The zero-order valence-corrected chi connectivity index (χ0v) is 13.4. The van der Waals surface area contributed by atoms with Crippen molar-refractivity contribution in [1.29, 1.82) is 0 Å². The van der Waals surface area contributed by atoms with Crippen LogP contribution in [0.1, 0.15) is 47.5 Å².